The monoisotopic (exact) mass is 421 g/mol. The topological polar surface area (TPSA) is 118 Å². The van der Waals surface area contributed by atoms with Gasteiger partial charge in [-0.2, -0.15) is 17.9 Å². The van der Waals surface area contributed by atoms with Gasteiger partial charge in [-0.25, -0.2) is 22.0 Å². The molecule has 1 heterocycles. The molecule has 0 aliphatic carbocycles. The normalized spacial score (nSPS) is 19.2. The molecular formula is C15H14F3N3O4S2. The Morgan fingerprint density at radius 3 is 2.22 bits per heavy atom. The number of nitrogens with two attached hydrogens (primary N) is 1. The fraction of sp³-hybridized carbons (Fsp3) is 0.200. The van der Waals surface area contributed by atoms with Crippen LogP contribution in [-0.4, -0.2) is 16.8 Å². The smallest absolute Gasteiger partial charge is 0.364 e. The van der Waals surface area contributed by atoms with Gasteiger partial charge in [-0.1, -0.05) is 29.8 Å². The van der Waals surface area contributed by atoms with Crippen molar-refractivity contribution in [2.75, 3.05) is 5.32 Å². The van der Waals surface area contributed by atoms with Crippen molar-refractivity contribution in [1.82, 2.24) is 4.72 Å². The lowest BCUT2D eigenvalue weighted by molar-refractivity contribution is -0.139. The molecule has 12 heteroatoms. The largest absolute Gasteiger partial charge is 0.417 e. The number of hydrogen-bond acceptors (Lipinski definition) is 5. The number of benzene rings is 2. The van der Waals surface area contributed by atoms with Crippen LogP contribution in [0.4, 0.5) is 18.9 Å². The molecule has 3 rings (SSSR count). The number of nitrogens with one attached hydrogen (secondary N) is 2. The molecule has 0 radical (unpaired) electrons. The lowest BCUT2D eigenvalue weighted by Gasteiger charge is -2.29. The molecule has 0 amide bonds. The molecule has 2 aromatic rings. The number of anilines is 1. The minimum atomic E-state index is -5.05. The van der Waals surface area contributed by atoms with Crippen molar-refractivity contribution in [3.8, 4) is 0 Å². The first-order chi connectivity index (χ1) is 12.3. The lowest BCUT2D eigenvalue weighted by atomic mass is 10.1. The third-order valence-electron chi connectivity index (χ3n) is 3.97. The van der Waals surface area contributed by atoms with E-state index in [0.717, 1.165) is 5.56 Å². The van der Waals surface area contributed by atoms with Gasteiger partial charge in [-0.3, -0.25) is 0 Å². The molecule has 0 saturated carbocycles. The van der Waals surface area contributed by atoms with Crippen LogP contribution >= 0.6 is 0 Å². The van der Waals surface area contributed by atoms with Gasteiger partial charge in [0.05, 0.1) is 16.1 Å². The fourth-order valence-corrected chi connectivity index (χ4v) is 4.82. The zero-order valence-corrected chi connectivity index (χ0v) is 15.3. The van der Waals surface area contributed by atoms with Gasteiger partial charge in [-0.15, -0.1) is 0 Å². The quantitative estimate of drug-likeness (QED) is 0.686. The minimum Gasteiger partial charge on any atom is -0.364 e. The van der Waals surface area contributed by atoms with Gasteiger partial charge in [0, 0.05) is 0 Å². The summed E-state index contributed by atoms with van der Waals surface area (Å²) in [7, 11) is -9.11. The molecule has 146 valence electrons. The van der Waals surface area contributed by atoms with Gasteiger partial charge in [0.15, 0.2) is 0 Å². The van der Waals surface area contributed by atoms with Crippen LogP contribution in [0.3, 0.4) is 0 Å². The second-order valence-corrected chi connectivity index (χ2v) is 9.21. The predicted octanol–water partition coefficient (Wildman–Crippen LogP) is 2.06. The van der Waals surface area contributed by atoms with E-state index in [2.05, 4.69) is 10.0 Å². The average Bonchev–Trinajstić information content (AvgIpc) is 2.52. The summed E-state index contributed by atoms with van der Waals surface area (Å²) in [6, 6.07) is 7.51. The Labute approximate surface area is 153 Å². The SMILES string of the molecule is Cc1ccc(C2Nc3cc(C(F)(F)F)c(S(N)(=O)=O)cc3S(=O)(=O)N2)cc1. The third-order valence-corrected chi connectivity index (χ3v) is 6.38. The van der Waals surface area contributed by atoms with E-state index in [1.165, 1.54) is 0 Å². The van der Waals surface area contributed by atoms with E-state index in [-0.39, 0.29) is 5.69 Å². The third kappa shape index (κ3) is 3.78. The number of halogens is 3. The summed E-state index contributed by atoms with van der Waals surface area (Å²) in [4.78, 5) is -1.95. The van der Waals surface area contributed by atoms with Crippen LogP contribution in [0, 0.1) is 6.92 Å². The highest BCUT2D eigenvalue weighted by Gasteiger charge is 2.40. The zero-order chi connectivity index (χ0) is 20.2. The summed E-state index contributed by atoms with van der Waals surface area (Å²) in [5.74, 6) is 0. The minimum absolute atomic E-state index is 0.376. The van der Waals surface area contributed by atoms with Gasteiger partial charge in [-0.05, 0) is 24.6 Å². The summed E-state index contributed by atoms with van der Waals surface area (Å²) in [6.45, 7) is 1.82. The van der Waals surface area contributed by atoms with Crippen LogP contribution in [0.25, 0.3) is 0 Å². The highest BCUT2D eigenvalue weighted by Crippen LogP contribution is 2.40. The number of rotatable bonds is 2. The Morgan fingerprint density at radius 1 is 1.11 bits per heavy atom. The lowest BCUT2D eigenvalue weighted by Crippen LogP contribution is -2.38. The van der Waals surface area contributed by atoms with Crippen LogP contribution < -0.4 is 15.2 Å². The maximum Gasteiger partial charge on any atom is 0.417 e. The predicted molar refractivity (Wildman–Crippen MR) is 90.7 cm³/mol. The molecule has 1 aliphatic heterocycles. The van der Waals surface area contributed by atoms with E-state index in [4.69, 9.17) is 5.14 Å². The van der Waals surface area contributed by atoms with Crippen LogP contribution in [0.1, 0.15) is 22.9 Å². The fourth-order valence-electron chi connectivity index (χ4n) is 2.67. The molecule has 0 saturated heterocycles. The van der Waals surface area contributed by atoms with Gasteiger partial charge >= 0.3 is 6.18 Å². The van der Waals surface area contributed by atoms with Crippen LogP contribution in [0.2, 0.25) is 0 Å². The van der Waals surface area contributed by atoms with E-state index in [0.29, 0.717) is 17.7 Å². The van der Waals surface area contributed by atoms with E-state index < -0.39 is 47.7 Å². The molecule has 4 N–H and O–H groups in total. The molecule has 2 aromatic carbocycles. The van der Waals surface area contributed by atoms with Crippen molar-refractivity contribution in [3.63, 3.8) is 0 Å². The standard InChI is InChI=1S/C15H14F3N3O4S2/c1-8-2-4-9(5-3-8)14-20-11-6-10(15(16,17)18)12(26(19,22)23)7-13(11)27(24,25)21-14/h2-7,14,20-21H,1H3,(H2,19,22,23). The molecular weight excluding hydrogens is 407 g/mol. The molecule has 1 aliphatic rings. The molecule has 27 heavy (non-hydrogen) atoms. The highest BCUT2D eigenvalue weighted by molar-refractivity contribution is 7.90. The summed E-state index contributed by atoms with van der Waals surface area (Å²) in [5, 5.41) is 7.50. The Bertz CT molecular complexity index is 1110. The molecule has 7 nitrogen and oxygen atoms in total. The number of primary sulfonamides is 1. The van der Waals surface area contributed by atoms with Crippen molar-refractivity contribution >= 4 is 25.7 Å². The van der Waals surface area contributed by atoms with Crippen molar-refractivity contribution in [2.24, 2.45) is 5.14 Å². The summed E-state index contributed by atoms with van der Waals surface area (Å²) in [5.41, 5.74) is -0.538. The molecule has 0 spiro atoms. The number of hydrogen-bond donors (Lipinski definition) is 3. The van der Waals surface area contributed by atoms with E-state index in [1.807, 2.05) is 6.92 Å². The number of sulfonamides is 2. The maximum atomic E-state index is 13.3. The van der Waals surface area contributed by atoms with E-state index in [9.17, 15) is 30.0 Å². The molecule has 0 bridgehead atoms. The van der Waals surface area contributed by atoms with Crippen LogP contribution in [0.15, 0.2) is 46.2 Å². The maximum absolute atomic E-state index is 13.3. The van der Waals surface area contributed by atoms with Gasteiger partial charge < -0.3 is 5.32 Å². The van der Waals surface area contributed by atoms with E-state index in [1.54, 1.807) is 24.3 Å². The second-order valence-electron chi connectivity index (χ2n) is 6.00. The summed E-state index contributed by atoms with van der Waals surface area (Å²) >= 11 is 0. The zero-order valence-electron chi connectivity index (χ0n) is 13.7. The first-order valence-corrected chi connectivity index (χ1v) is 10.5. The molecule has 0 aromatic heterocycles. The van der Waals surface area contributed by atoms with Crippen molar-refractivity contribution < 1.29 is 30.0 Å². The van der Waals surface area contributed by atoms with Crippen LogP contribution in [0.5, 0.6) is 0 Å². The number of fused-ring (bicyclic) bond motifs is 1. The Hall–Kier alpha value is -2.15. The number of alkyl halides is 3. The van der Waals surface area contributed by atoms with Crippen LogP contribution in [-0.2, 0) is 26.2 Å². The molecule has 0 fully saturated rings. The Balaban J connectivity index is 2.20. The van der Waals surface area contributed by atoms with Gasteiger partial charge in [0.2, 0.25) is 20.0 Å². The average molecular weight is 421 g/mol. The first kappa shape index (κ1) is 19.6. The van der Waals surface area contributed by atoms with E-state index >= 15 is 0 Å². The van der Waals surface area contributed by atoms with Crippen molar-refractivity contribution in [1.29, 1.82) is 0 Å². The first-order valence-electron chi connectivity index (χ1n) is 7.42. The summed E-state index contributed by atoms with van der Waals surface area (Å²) < 4.78 is 90.3. The van der Waals surface area contributed by atoms with Gasteiger partial charge in [0.25, 0.3) is 0 Å². The van der Waals surface area contributed by atoms with Crippen molar-refractivity contribution in [3.05, 3.63) is 53.1 Å². The Morgan fingerprint density at radius 2 is 1.70 bits per heavy atom. The Kier molecular flexibility index (Phi) is 4.50. The number of aryl methyl sites for hydroxylation is 1. The van der Waals surface area contributed by atoms with Gasteiger partial charge in [0.1, 0.15) is 11.1 Å². The van der Waals surface area contributed by atoms with Crippen molar-refractivity contribution in [2.45, 2.75) is 29.1 Å². The summed E-state index contributed by atoms with van der Waals surface area (Å²) in [6.07, 6.45) is -6.07. The molecule has 1 atom stereocenters. The molecule has 1 unspecified atom stereocenters. The highest BCUT2D eigenvalue weighted by atomic mass is 32.2. The second kappa shape index (κ2) is 6.19.